The van der Waals surface area contributed by atoms with Crippen molar-refractivity contribution >= 4 is 41.0 Å². The number of aromatic nitrogens is 2. The summed E-state index contributed by atoms with van der Waals surface area (Å²) in [6.45, 7) is 1.01. The molecule has 3 rings (SSSR count). The highest BCUT2D eigenvalue weighted by Gasteiger charge is 2.27. The molecule has 1 aliphatic rings. The average Bonchev–Trinajstić information content (AvgIpc) is 2.75. The van der Waals surface area contributed by atoms with E-state index in [2.05, 4.69) is 25.9 Å². The number of rotatable bonds is 9. The summed E-state index contributed by atoms with van der Waals surface area (Å²) in [6.07, 6.45) is -0.586. The molecule has 1 aromatic carbocycles. The quantitative estimate of drug-likeness (QED) is 0.260. The van der Waals surface area contributed by atoms with Crippen molar-refractivity contribution in [2.45, 2.75) is 24.9 Å². The van der Waals surface area contributed by atoms with Gasteiger partial charge in [0.2, 0.25) is 5.95 Å². The number of carbonyl (C=O) groups is 3. The smallest absolute Gasteiger partial charge is 0.326 e. The van der Waals surface area contributed by atoms with E-state index >= 15 is 0 Å². The van der Waals surface area contributed by atoms with Gasteiger partial charge in [0, 0.05) is 37.8 Å². The zero-order valence-electron chi connectivity index (χ0n) is 17.8. The van der Waals surface area contributed by atoms with Crippen LogP contribution in [-0.4, -0.2) is 70.2 Å². The molecule has 1 aliphatic heterocycles. The van der Waals surface area contributed by atoms with Gasteiger partial charge in [-0.2, -0.15) is 4.98 Å². The van der Waals surface area contributed by atoms with Gasteiger partial charge >= 0.3 is 11.9 Å². The van der Waals surface area contributed by atoms with Gasteiger partial charge in [0.15, 0.2) is 5.82 Å². The summed E-state index contributed by atoms with van der Waals surface area (Å²) in [4.78, 5) is 54.9. The number of aliphatic carboxylic acids is 2. The fraction of sp³-hybridized carbons (Fsp3) is 0.350. The third-order valence-corrected chi connectivity index (χ3v) is 5.26. The highest BCUT2D eigenvalue weighted by atomic mass is 16.4. The van der Waals surface area contributed by atoms with Crippen molar-refractivity contribution < 1.29 is 24.6 Å². The Hall–Kier alpha value is -4.29. The molecule has 2 aromatic rings. The molecule has 0 bridgehead atoms. The lowest BCUT2D eigenvalue weighted by atomic mass is 10.1. The van der Waals surface area contributed by atoms with E-state index in [1.54, 1.807) is 19.2 Å². The number of amides is 1. The van der Waals surface area contributed by atoms with Crippen LogP contribution < -0.4 is 32.1 Å². The van der Waals surface area contributed by atoms with Crippen LogP contribution >= 0.6 is 0 Å². The van der Waals surface area contributed by atoms with E-state index in [9.17, 15) is 24.3 Å². The highest BCUT2D eigenvalue weighted by Crippen LogP contribution is 2.25. The molecule has 33 heavy (non-hydrogen) atoms. The van der Waals surface area contributed by atoms with E-state index in [4.69, 9.17) is 10.8 Å². The van der Waals surface area contributed by atoms with E-state index in [1.807, 2.05) is 4.90 Å². The van der Waals surface area contributed by atoms with Crippen molar-refractivity contribution in [1.82, 2.24) is 15.3 Å². The molecular formula is C20H25N7O6. The molecule has 0 fully saturated rings. The summed E-state index contributed by atoms with van der Waals surface area (Å²) < 4.78 is 0. The van der Waals surface area contributed by atoms with E-state index in [0.717, 1.165) is 5.69 Å². The third-order valence-electron chi connectivity index (χ3n) is 5.26. The minimum atomic E-state index is -1.30. The maximum absolute atomic E-state index is 12.3. The fourth-order valence-electron chi connectivity index (χ4n) is 3.42. The first-order valence-electron chi connectivity index (χ1n) is 10.1. The Morgan fingerprint density at radius 2 is 1.97 bits per heavy atom. The number of nitrogens with two attached hydrogens (primary N) is 1. The summed E-state index contributed by atoms with van der Waals surface area (Å²) in [5.41, 5.74) is 6.59. The number of carboxylic acids is 2. The van der Waals surface area contributed by atoms with Crippen molar-refractivity contribution in [1.29, 1.82) is 0 Å². The van der Waals surface area contributed by atoms with Gasteiger partial charge in [-0.05, 0) is 30.7 Å². The summed E-state index contributed by atoms with van der Waals surface area (Å²) in [5.74, 6) is -2.59. The van der Waals surface area contributed by atoms with Crippen LogP contribution in [0.4, 0.5) is 23.1 Å². The van der Waals surface area contributed by atoms with E-state index in [0.29, 0.717) is 24.6 Å². The molecule has 1 aromatic heterocycles. The third kappa shape index (κ3) is 5.70. The summed E-state index contributed by atoms with van der Waals surface area (Å²) in [7, 11) is 1.79. The van der Waals surface area contributed by atoms with E-state index in [-0.39, 0.29) is 36.0 Å². The summed E-state index contributed by atoms with van der Waals surface area (Å²) >= 11 is 0. The molecule has 2 atom stereocenters. The van der Waals surface area contributed by atoms with Crippen LogP contribution in [0.5, 0.6) is 0 Å². The second-order valence-corrected chi connectivity index (χ2v) is 7.55. The standard InChI is InChI=1S/C20H25N7O6/c1-27-12(9-23-16-15(27)18(31)26-20(21)25-16)8-22-11-4-2-10(3-5-11)17(30)24-13(19(32)33)6-7-14(28)29/h2-5,12-13,22H,6-9H2,1H3,(H,24,30)(H,28,29)(H,32,33)(H4,21,23,25,26,31)/t12-,13?/m0/s1. The molecule has 13 heteroatoms. The lowest BCUT2D eigenvalue weighted by molar-refractivity contribution is -0.140. The maximum atomic E-state index is 12.3. The number of nitrogen functional groups attached to an aromatic ring is 1. The first kappa shape index (κ1) is 23.4. The van der Waals surface area contributed by atoms with Crippen molar-refractivity contribution in [3.8, 4) is 0 Å². The van der Waals surface area contributed by atoms with Crippen molar-refractivity contribution in [3.63, 3.8) is 0 Å². The minimum Gasteiger partial charge on any atom is -0.481 e. The molecule has 0 aliphatic carbocycles. The number of fused-ring (bicyclic) bond motifs is 1. The molecule has 13 nitrogen and oxygen atoms in total. The zero-order valence-corrected chi connectivity index (χ0v) is 17.8. The molecule has 1 amide bonds. The van der Waals surface area contributed by atoms with Crippen LogP contribution in [0.25, 0.3) is 0 Å². The Kier molecular flexibility index (Phi) is 7.00. The Balaban J connectivity index is 1.58. The molecule has 8 N–H and O–H groups in total. The fourth-order valence-corrected chi connectivity index (χ4v) is 3.42. The molecule has 176 valence electrons. The van der Waals surface area contributed by atoms with Gasteiger partial charge in [-0.15, -0.1) is 0 Å². The monoisotopic (exact) mass is 459 g/mol. The predicted molar refractivity (Wildman–Crippen MR) is 121 cm³/mol. The predicted octanol–water partition coefficient (Wildman–Crippen LogP) is -0.258. The van der Waals surface area contributed by atoms with Gasteiger partial charge in [-0.1, -0.05) is 0 Å². The van der Waals surface area contributed by atoms with Crippen molar-refractivity contribution in [2.75, 3.05) is 41.4 Å². The minimum absolute atomic E-state index is 0.0388. The Labute approximate surface area is 188 Å². The molecular weight excluding hydrogens is 434 g/mol. The molecule has 0 radical (unpaired) electrons. The van der Waals surface area contributed by atoms with Crippen LogP contribution in [0, 0.1) is 0 Å². The van der Waals surface area contributed by atoms with Gasteiger partial charge in [-0.3, -0.25) is 19.4 Å². The average molecular weight is 459 g/mol. The van der Waals surface area contributed by atoms with Crippen LogP contribution in [0.15, 0.2) is 29.1 Å². The zero-order chi connectivity index (χ0) is 24.1. The van der Waals surface area contributed by atoms with Crippen LogP contribution in [-0.2, 0) is 9.59 Å². The van der Waals surface area contributed by atoms with E-state index in [1.165, 1.54) is 12.1 Å². The molecule has 2 heterocycles. The maximum Gasteiger partial charge on any atom is 0.326 e. The number of nitrogens with one attached hydrogen (secondary N) is 4. The molecule has 0 spiro atoms. The number of benzene rings is 1. The number of likely N-dealkylation sites (N-methyl/N-ethyl adjacent to an activating group) is 1. The van der Waals surface area contributed by atoms with Gasteiger partial charge in [0.05, 0.1) is 6.04 Å². The van der Waals surface area contributed by atoms with Gasteiger partial charge in [0.1, 0.15) is 11.7 Å². The summed E-state index contributed by atoms with van der Waals surface area (Å²) in [6, 6.07) is 5.03. The number of nitrogens with zero attached hydrogens (tertiary/aromatic N) is 2. The second-order valence-electron chi connectivity index (χ2n) is 7.55. The van der Waals surface area contributed by atoms with Gasteiger partial charge in [0.25, 0.3) is 11.5 Å². The largest absolute Gasteiger partial charge is 0.481 e. The Bertz CT molecular complexity index is 1100. The van der Waals surface area contributed by atoms with Crippen LogP contribution in [0.3, 0.4) is 0 Å². The lowest BCUT2D eigenvalue weighted by Gasteiger charge is -2.35. The number of hydrogen-bond donors (Lipinski definition) is 7. The van der Waals surface area contributed by atoms with E-state index < -0.39 is 23.9 Å². The van der Waals surface area contributed by atoms with Gasteiger partial charge < -0.3 is 36.8 Å². The summed E-state index contributed by atoms with van der Waals surface area (Å²) in [5, 5.41) is 26.6. The number of aromatic amines is 1. The topological polar surface area (TPSA) is 203 Å². The van der Waals surface area contributed by atoms with Crippen LogP contribution in [0.2, 0.25) is 0 Å². The number of carboxylic acid groups (broad SMARTS) is 2. The van der Waals surface area contributed by atoms with Crippen molar-refractivity contribution in [2.24, 2.45) is 0 Å². The normalized spacial score (nSPS) is 15.7. The van der Waals surface area contributed by atoms with Gasteiger partial charge in [-0.25, -0.2) is 4.79 Å². The number of hydrogen-bond acceptors (Lipinski definition) is 9. The molecule has 1 unspecified atom stereocenters. The first-order chi connectivity index (χ1) is 15.7. The lowest BCUT2D eigenvalue weighted by Crippen LogP contribution is -2.48. The second kappa shape index (κ2) is 9.89. The first-order valence-corrected chi connectivity index (χ1v) is 10.1. The highest BCUT2D eigenvalue weighted by molar-refractivity contribution is 5.96. The number of carbonyl (C=O) groups excluding carboxylic acids is 1. The van der Waals surface area contributed by atoms with Crippen LogP contribution in [0.1, 0.15) is 23.2 Å². The Morgan fingerprint density at radius 1 is 1.27 bits per heavy atom. The molecule has 0 saturated heterocycles. The molecule has 0 saturated carbocycles. The Morgan fingerprint density at radius 3 is 2.61 bits per heavy atom. The SMILES string of the molecule is CN1c2c(nc(N)[nH]c2=O)NC[C@@H]1CNc1ccc(C(=O)NC(CCC(=O)O)C(=O)O)cc1. The number of H-pyrrole nitrogens is 1. The van der Waals surface area contributed by atoms with Crippen molar-refractivity contribution in [3.05, 3.63) is 40.2 Å². The number of anilines is 4.